The fourth-order valence-electron chi connectivity index (χ4n) is 3.29. The van der Waals surface area contributed by atoms with Crippen LogP contribution in [-0.4, -0.2) is 25.7 Å². The first-order valence-corrected chi connectivity index (χ1v) is 7.17. The number of nitrogens with one attached hydrogen (secondary N) is 1. The quantitative estimate of drug-likeness (QED) is 0.866. The van der Waals surface area contributed by atoms with Crippen LogP contribution in [0.15, 0.2) is 22.7 Å². The lowest BCUT2D eigenvalue weighted by molar-refractivity contribution is 0.471. The third kappa shape index (κ3) is 1.82. The molecule has 2 fully saturated rings. The van der Waals surface area contributed by atoms with Crippen LogP contribution in [0.25, 0.3) is 0 Å². The molecule has 3 atom stereocenters. The Morgan fingerprint density at radius 2 is 2.28 bits per heavy atom. The second-order valence-corrected chi connectivity index (χ2v) is 6.11. The van der Waals surface area contributed by atoms with Gasteiger partial charge in [0.2, 0.25) is 0 Å². The molecular weight excluding hydrogens is 290 g/mol. The van der Waals surface area contributed by atoms with Crippen LogP contribution >= 0.6 is 15.9 Å². The molecule has 94 valence electrons. The molecule has 0 radical (unpaired) electrons. The third-order valence-corrected chi connectivity index (χ3v) is 4.96. The van der Waals surface area contributed by atoms with Gasteiger partial charge in [0.1, 0.15) is 0 Å². The minimum absolute atomic E-state index is 0.564. The standard InChI is InChI=1S/C14H16BrN3/c1-9-12-7-17-6-11(12)8-18(9)14-3-2-10(5-16)4-13(14)15/h2-4,9,11-12,17H,6-8H2,1H3. The Bertz CT molecular complexity index is 508. The van der Waals surface area contributed by atoms with Gasteiger partial charge >= 0.3 is 0 Å². The summed E-state index contributed by atoms with van der Waals surface area (Å²) in [5.41, 5.74) is 1.93. The topological polar surface area (TPSA) is 39.1 Å². The highest BCUT2D eigenvalue weighted by Gasteiger charge is 2.42. The Kier molecular flexibility index (Phi) is 3.04. The Morgan fingerprint density at radius 1 is 1.44 bits per heavy atom. The van der Waals surface area contributed by atoms with E-state index in [-0.39, 0.29) is 0 Å². The maximum Gasteiger partial charge on any atom is 0.0992 e. The monoisotopic (exact) mass is 305 g/mol. The van der Waals surface area contributed by atoms with Crippen LogP contribution in [0.3, 0.4) is 0 Å². The van der Waals surface area contributed by atoms with Crippen LogP contribution < -0.4 is 10.2 Å². The Labute approximate surface area is 116 Å². The Morgan fingerprint density at radius 3 is 2.94 bits per heavy atom. The van der Waals surface area contributed by atoms with Crippen LogP contribution in [0, 0.1) is 23.2 Å². The van der Waals surface area contributed by atoms with Crippen molar-refractivity contribution in [1.29, 1.82) is 5.26 Å². The highest BCUT2D eigenvalue weighted by molar-refractivity contribution is 9.10. The predicted octanol–water partition coefficient (Wildman–Crippen LogP) is 2.36. The van der Waals surface area contributed by atoms with E-state index in [1.165, 1.54) is 5.69 Å². The van der Waals surface area contributed by atoms with Crippen molar-refractivity contribution in [2.24, 2.45) is 11.8 Å². The molecule has 0 aliphatic carbocycles. The second-order valence-electron chi connectivity index (χ2n) is 5.25. The zero-order chi connectivity index (χ0) is 12.7. The number of benzene rings is 1. The summed E-state index contributed by atoms with van der Waals surface area (Å²) in [6.45, 7) is 5.70. The smallest absolute Gasteiger partial charge is 0.0992 e. The number of fused-ring (bicyclic) bond motifs is 1. The molecule has 1 aromatic carbocycles. The van der Waals surface area contributed by atoms with Gasteiger partial charge in [0.15, 0.2) is 0 Å². The summed E-state index contributed by atoms with van der Waals surface area (Å²) >= 11 is 3.60. The summed E-state index contributed by atoms with van der Waals surface area (Å²) in [6.07, 6.45) is 0. The molecule has 3 nitrogen and oxygen atoms in total. The molecule has 2 aliphatic rings. The van der Waals surface area contributed by atoms with Gasteiger partial charge in [-0.15, -0.1) is 0 Å². The number of nitriles is 1. The van der Waals surface area contributed by atoms with Gasteiger partial charge < -0.3 is 10.2 Å². The van der Waals surface area contributed by atoms with E-state index >= 15 is 0 Å². The van der Waals surface area contributed by atoms with Gasteiger partial charge in [-0.1, -0.05) is 0 Å². The first-order valence-electron chi connectivity index (χ1n) is 6.37. The van der Waals surface area contributed by atoms with Crippen LogP contribution in [0.2, 0.25) is 0 Å². The lowest BCUT2D eigenvalue weighted by atomic mass is 9.95. The van der Waals surface area contributed by atoms with Gasteiger partial charge in [0.25, 0.3) is 0 Å². The first kappa shape index (κ1) is 12.0. The number of anilines is 1. The van der Waals surface area contributed by atoms with Gasteiger partial charge in [-0.3, -0.25) is 0 Å². The van der Waals surface area contributed by atoms with E-state index in [0.29, 0.717) is 11.6 Å². The molecule has 2 aliphatic heterocycles. The van der Waals surface area contributed by atoms with Crippen molar-refractivity contribution in [2.75, 3.05) is 24.5 Å². The maximum absolute atomic E-state index is 8.91. The fourth-order valence-corrected chi connectivity index (χ4v) is 3.90. The summed E-state index contributed by atoms with van der Waals surface area (Å²) in [5, 5.41) is 12.4. The van der Waals surface area contributed by atoms with Gasteiger partial charge in [0.05, 0.1) is 17.3 Å². The van der Waals surface area contributed by atoms with Gasteiger partial charge in [-0.05, 0) is 52.9 Å². The summed E-state index contributed by atoms with van der Waals surface area (Å²) in [4.78, 5) is 2.47. The van der Waals surface area contributed by atoms with E-state index in [1.807, 2.05) is 12.1 Å². The van der Waals surface area contributed by atoms with E-state index in [1.54, 1.807) is 0 Å². The van der Waals surface area contributed by atoms with Crippen LogP contribution in [0.1, 0.15) is 12.5 Å². The molecule has 0 aromatic heterocycles. The molecular formula is C14H16BrN3. The van der Waals surface area contributed by atoms with Crippen LogP contribution in [0.4, 0.5) is 5.69 Å². The van der Waals surface area contributed by atoms with Crippen molar-refractivity contribution in [2.45, 2.75) is 13.0 Å². The minimum Gasteiger partial charge on any atom is -0.367 e. The molecule has 0 amide bonds. The molecule has 1 aromatic rings. The molecule has 4 heteroatoms. The molecule has 18 heavy (non-hydrogen) atoms. The van der Waals surface area contributed by atoms with Gasteiger partial charge in [-0.25, -0.2) is 0 Å². The van der Waals surface area contributed by atoms with Crippen molar-refractivity contribution in [3.05, 3.63) is 28.2 Å². The average Bonchev–Trinajstić information content (AvgIpc) is 2.93. The van der Waals surface area contributed by atoms with Crippen molar-refractivity contribution >= 4 is 21.6 Å². The van der Waals surface area contributed by atoms with Crippen molar-refractivity contribution in [1.82, 2.24) is 5.32 Å². The largest absolute Gasteiger partial charge is 0.367 e. The molecule has 3 unspecified atom stereocenters. The molecule has 0 saturated carbocycles. The lowest BCUT2D eigenvalue weighted by Crippen LogP contribution is -2.33. The number of rotatable bonds is 1. The van der Waals surface area contributed by atoms with E-state index < -0.39 is 0 Å². The summed E-state index contributed by atoms with van der Waals surface area (Å²) in [5.74, 6) is 1.52. The maximum atomic E-state index is 8.91. The van der Waals surface area contributed by atoms with E-state index in [0.717, 1.165) is 35.9 Å². The van der Waals surface area contributed by atoms with Crippen LogP contribution in [0.5, 0.6) is 0 Å². The van der Waals surface area contributed by atoms with Crippen molar-refractivity contribution in [3.63, 3.8) is 0 Å². The number of nitrogens with zero attached hydrogens (tertiary/aromatic N) is 2. The highest BCUT2D eigenvalue weighted by atomic mass is 79.9. The Hall–Kier alpha value is -1.05. The van der Waals surface area contributed by atoms with Gasteiger partial charge in [-0.2, -0.15) is 5.26 Å². The van der Waals surface area contributed by atoms with Crippen molar-refractivity contribution in [3.8, 4) is 6.07 Å². The Balaban J connectivity index is 1.90. The zero-order valence-electron chi connectivity index (χ0n) is 10.4. The SMILES string of the molecule is CC1C2CNCC2CN1c1ccc(C#N)cc1Br. The minimum atomic E-state index is 0.564. The van der Waals surface area contributed by atoms with E-state index in [2.05, 4.69) is 45.2 Å². The highest BCUT2D eigenvalue weighted by Crippen LogP contribution is 2.38. The molecule has 0 spiro atoms. The normalized spacial score (nSPS) is 30.3. The van der Waals surface area contributed by atoms with Crippen molar-refractivity contribution < 1.29 is 0 Å². The second kappa shape index (κ2) is 4.56. The van der Waals surface area contributed by atoms with E-state index in [4.69, 9.17) is 5.26 Å². The van der Waals surface area contributed by atoms with Crippen LogP contribution in [-0.2, 0) is 0 Å². The van der Waals surface area contributed by atoms with Gasteiger partial charge in [0, 0.05) is 30.1 Å². The lowest BCUT2D eigenvalue weighted by Gasteiger charge is -2.27. The summed E-state index contributed by atoms with van der Waals surface area (Å²) in [6, 6.07) is 8.62. The fraction of sp³-hybridized carbons (Fsp3) is 0.500. The molecule has 2 heterocycles. The summed E-state index contributed by atoms with van der Waals surface area (Å²) < 4.78 is 1.03. The molecule has 3 rings (SSSR count). The predicted molar refractivity (Wildman–Crippen MR) is 75.5 cm³/mol. The molecule has 0 bridgehead atoms. The average molecular weight is 306 g/mol. The zero-order valence-corrected chi connectivity index (χ0v) is 11.9. The van der Waals surface area contributed by atoms with E-state index in [9.17, 15) is 0 Å². The number of hydrogen-bond acceptors (Lipinski definition) is 3. The number of hydrogen-bond donors (Lipinski definition) is 1. The third-order valence-electron chi connectivity index (χ3n) is 4.32. The molecule has 2 saturated heterocycles. The molecule has 1 N–H and O–H groups in total. The number of halogens is 1. The summed E-state index contributed by atoms with van der Waals surface area (Å²) in [7, 11) is 0. The first-order chi connectivity index (χ1) is 8.70.